The van der Waals surface area contributed by atoms with Gasteiger partial charge in [-0.25, -0.2) is 4.79 Å². The average Bonchev–Trinajstić information content (AvgIpc) is 2.48. The van der Waals surface area contributed by atoms with Crippen molar-refractivity contribution < 1.29 is 22.7 Å². The molecule has 0 radical (unpaired) electrons. The Morgan fingerprint density at radius 1 is 1.26 bits per heavy atom. The molecular formula is C15H14F3N3O2. The number of anilines is 1. The van der Waals surface area contributed by atoms with E-state index in [4.69, 9.17) is 0 Å². The van der Waals surface area contributed by atoms with E-state index in [-0.39, 0.29) is 17.9 Å². The minimum absolute atomic E-state index is 0.0433. The number of urea groups is 1. The first kappa shape index (κ1) is 16.6. The Morgan fingerprint density at radius 3 is 2.65 bits per heavy atom. The number of carbonyl (C=O) groups excluding carboxylic acids is 1. The van der Waals surface area contributed by atoms with Crippen molar-refractivity contribution >= 4 is 11.7 Å². The van der Waals surface area contributed by atoms with Gasteiger partial charge in [0, 0.05) is 18.8 Å². The smallest absolute Gasteiger partial charge is 0.405 e. The maximum atomic E-state index is 12.4. The molecule has 1 N–H and O–H groups in total. The number of carbonyl (C=O) groups is 1. The van der Waals surface area contributed by atoms with Crippen LogP contribution in [0, 0.1) is 0 Å². The van der Waals surface area contributed by atoms with E-state index in [1.165, 1.54) is 36.3 Å². The Bertz CT molecular complexity index is 663. The van der Waals surface area contributed by atoms with E-state index < -0.39 is 12.4 Å². The van der Waals surface area contributed by atoms with Crippen LogP contribution in [0.2, 0.25) is 0 Å². The number of amides is 2. The second-order valence-electron chi connectivity index (χ2n) is 4.68. The molecule has 0 atom stereocenters. The van der Waals surface area contributed by atoms with Crippen molar-refractivity contribution in [2.75, 3.05) is 12.4 Å². The first-order chi connectivity index (χ1) is 10.8. The second-order valence-corrected chi connectivity index (χ2v) is 4.68. The first-order valence-corrected chi connectivity index (χ1v) is 6.61. The van der Waals surface area contributed by atoms with Gasteiger partial charge in [-0.3, -0.25) is 4.98 Å². The van der Waals surface area contributed by atoms with Crippen molar-refractivity contribution in [3.63, 3.8) is 0 Å². The van der Waals surface area contributed by atoms with E-state index in [1.807, 2.05) is 0 Å². The van der Waals surface area contributed by atoms with Gasteiger partial charge in [0.2, 0.25) is 0 Å². The Hall–Kier alpha value is -2.77. The standard InChI is InChI=1S/C15H14F3N3O2/c1-21(14(22)20-12-6-4-8-19-9-12)10-11-5-2-3-7-13(11)23-15(16,17)18/h2-9H,10H2,1H3,(H,20,22). The van der Waals surface area contributed by atoms with E-state index >= 15 is 0 Å². The third-order valence-electron chi connectivity index (χ3n) is 2.87. The maximum Gasteiger partial charge on any atom is 0.573 e. The molecule has 0 bridgehead atoms. The molecule has 0 saturated heterocycles. The largest absolute Gasteiger partial charge is 0.573 e. The molecule has 2 aromatic rings. The van der Waals surface area contributed by atoms with Gasteiger partial charge in [0.25, 0.3) is 0 Å². The number of nitrogens with zero attached hydrogens (tertiary/aromatic N) is 2. The minimum atomic E-state index is -4.79. The summed E-state index contributed by atoms with van der Waals surface area (Å²) in [5.74, 6) is -0.332. The number of benzene rings is 1. The lowest BCUT2D eigenvalue weighted by Crippen LogP contribution is -2.31. The summed E-state index contributed by atoms with van der Waals surface area (Å²) >= 11 is 0. The molecule has 1 aromatic heterocycles. The van der Waals surface area contributed by atoms with Gasteiger partial charge in [-0.2, -0.15) is 0 Å². The van der Waals surface area contributed by atoms with Gasteiger partial charge in [0.1, 0.15) is 5.75 Å². The SMILES string of the molecule is CN(Cc1ccccc1OC(F)(F)F)C(=O)Nc1cccnc1. The summed E-state index contributed by atoms with van der Waals surface area (Å²) < 4.78 is 41.1. The zero-order chi connectivity index (χ0) is 16.9. The van der Waals surface area contributed by atoms with Crippen LogP contribution >= 0.6 is 0 Å². The van der Waals surface area contributed by atoms with Crippen molar-refractivity contribution in [2.45, 2.75) is 12.9 Å². The topological polar surface area (TPSA) is 54.5 Å². The molecule has 23 heavy (non-hydrogen) atoms. The highest BCUT2D eigenvalue weighted by Gasteiger charge is 2.32. The number of alkyl halides is 3. The van der Waals surface area contributed by atoms with E-state index in [9.17, 15) is 18.0 Å². The number of pyridine rings is 1. The van der Waals surface area contributed by atoms with Crippen LogP contribution in [0.25, 0.3) is 0 Å². The third kappa shape index (κ3) is 5.17. The highest BCUT2D eigenvalue weighted by Crippen LogP contribution is 2.27. The Morgan fingerprint density at radius 2 is 2.00 bits per heavy atom. The van der Waals surface area contributed by atoms with Crippen LogP contribution in [0.1, 0.15) is 5.56 Å². The molecule has 0 spiro atoms. The fourth-order valence-electron chi connectivity index (χ4n) is 1.84. The summed E-state index contributed by atoms with van der Waals surface area (Å²) in [7, 11) is 1.47. The molecule has 2 amide bonds. The molecule has 2 rings (SSSR count). The van der Waals surface area contributed by atoms with E-state index in [1.54, 1.807) is 24.4 Å². The molecule has 5 nitrogen and oxygen atoms in total. The molecule has 0 aliphatic rings. The molecular weight excluding hydrogens is 311 g/mol. The number of hydrogen-bond acceptors (Lipinski definition) is 3. The third-order valence-corrected chi connectivity index (χ3v) is 2.87. The Balaban J connectivity index is 2.05. The van der Waals surface area contributed by atoms with Gasteiger partial charge in [-0.1, -0.05) is 18.2 Å². The number of aromatic nitrogens is 1. The van der Waals surface area contributed by atoms with Gasteiger partial charge in [-0.05, 0) is 18.2 Å². The molecule has 0 aliphatic heterocycles. The minimum Gasteiger partial charge on any atom is -0.405 e. The van der Waals surface area contributed by atoms with Crippen molar-refractivity contribution in [1.29, 1.82) is 0 Å². The van der Waals surface area contributed by atoms with E-state index in [2.05, 4.69) is 15.0 Å². The highest BCUT2D eigenvalue weighted by molar-refractivity contribution is 5.88. The molecule has 0 fully saturated rings. The van der Waals surface area contributed by atoms with Gasteiger partial charge >= 0.3 is 12.4 Å². The number of para-hydroxylation sites is 1. The van der Waals surface area contributed by atoms with Crippen molar-refractivity contribution in [1.82, 2.24) is 9.88 Å². The summed E-state index contributed by atoms with van der Waals surface area (Å²) in [6.45, 7) is -0.0433. The lowest BCUT2D eigenvalue weighted by Gasteiger charge is -2.20. The average molecular weight is 325 g/mol. The van der Waals surface area contributed by atoms with Crippen molar-refractivity contribution in [2.24, 2.45) is 0 Å². The Kier molecular flexibility index (Phi) is 5.05. The molecule has 0 saturated carbocycles. The van der Waals surface area contributed by atoms with Crippen LogP contribution < -0.4 is 10.1 Å². The zero-order valence-corrected chi connectivity index (χ0v) is 12.2. The van der Waals surface area contributed by atoms with Crippen LogP contribution in [0.3, 0.4) is 0 Å². The number of halogens is 3. The first-order valence-electron chi connectivity index (χ1n) is 6.61. The van der Waals surface area contributed by atoms with Crippen LogP contribution in [0.4, 0.5) is 23.7 Å². The molecule has 0 aliphatic carbocycles. The number of nitrogens with one attached hydrogen (secondary N) is 1. The monoisotopic (exact) mass is 325 g/mol. The van der Waals surface area contributed by atoms with Crippen LogP contribution in [0.5, 0.6) is 5.75 Å². The summed E-state index contributed by atoms with van der Waals surface area (Å²) in [4.78, 5) is 17.1. The van der Waals surface area contributed by atoms with Gasteiger partial charge in [0.15, 0.2) is 0 Å². The van der Waals surface area contributed by atoms with E-state index in [0.29, 0.717) is 5.69 Å². The molecule has 122 valence electrons. The van der Waals surface area contributed by atoms with E-state index in [0.717, 1.165) is 0 Å². The van der Waals surface area contributed by atoms with Crippen molar-refractivity contribution in [3.8, 4) is 5.75 Å². The summed E-state index contributed by atoms with van der Waals surface area (Å²) in [5, 5.41) is 2.59. The normalized spacial score (nSPS) is 11.0. The van der Waals surface area contributed by atoms with Crippen LogP contribution in [-0.4, -0.2) is 29.3 Å². The molecule has 1 aromatic carbocycles. The Labute approximate surface area is 130 Å². The fourth-order valence-corrected chi connectivity index (χ4v) is 1.84. The van der Waals surface area contributed by atoms with Crippen LogP contribution in [-0.2, 0) is 6.54 Å². The summed E-state index contributed by atoms with van der Waals surface area (Å²) in [6, 6.07) is 8.51. The zero-order valence-electron chi connectivity index (χ0n) is 12.2. The predicted octanol–water partition coefficient (Wildman–Crippen LogP) is 3.64. The predicted molar refractivity (Wildman–Crippen MR) is 77.8 cm³/mol. The lowest BCUT2D eigenvalue weighted by molar-refractivity contribution is -0.274. The number of hydrogen-bond donors (Lipinski definition) is 1. The quantitative estimate of drug-likeness (QED) is 0.933. The van der Waals surface area contributed by atoms with Crippen molar-refractivity contribution in [3.05, 3.63) is 54.4 Å². The molecule has 0 unspecified atom stereocenters. The summed E-state index contributed by atoms with van der Waals surface area (Å²) in [5.41, 5.74) is 0.734. The lowest BCUT2D eigenvalue weighted by atomic mass is 10.2. The highest BCUT2D eigenvalue weighted by atomic mass is 19.4. The number of rotatable bonds is 4. The summed E-state index contributed by atoms with van der Waals surface area (Å²) in [6.07, 6.45) is -1.76. The second kappa shape index (κ2) is 6.99. The van der Waals surface area contributed by atoms with Gasteiger partial charge < -0.3 is 15.0 Å². The fraction of sp³-hybridized carbons (Fsp3) is 0.200. The van der Waals surface area contributed by atoms with Gasteiger partial charge in [0.05, 0.1) is 18.4 Å². The van der Waals surface area contributed by atoms with Gasteiger partial charge in [-0.15, -0.1) is 13.2 Å². The maximum absolute atomic E-state index is 12.4. The number of ether oxygens (including phenoxy) is 1. The van der Waals surface area contributed by atoms with Crippen LogP contribution in [0.15, 0.2) is 48.8 Å². The molecule has 1 heterocycles. The molecule has 8 heteroatoms.